The molecule has 1 aromatic carbocycles. The first-order valence-electron chi connectivity index (χ1n) is 9.46. The molecule has 1 unspecified atom stereocenters. The van der Waals surface area contributed by atoms with E-state index in [1.807, 2.05) is 18.2 Å². The zero-order chi connectivity index (χ0) is 22.7. The standard InChI is InChI=1S/C20H18ClN9O2/c21-14-4-2-1-3-12(14)17-13(19-24-7-8-25-19)10-26-20(29-17)28-16(22)9-11-5-6-15(30(31)32)18(23)27-11/h1-8,10,16H,9,22H2,(H2,23,27)(H,24,25)(H,26,28,29). The number of aromatic nitrogens is 5. The van der Waals surface area contributed by atoms with Gasteiger partial charge in [-0.3, -0.25) is 10.1 Å². The Hall–Kier alpha value is -4.09. The molecule has 3 heterocycles. The van der Waals surface area contributed by atoms with E-state index in [0.717, 1.165) is 0 Å². The second-order valence-corrected chi connectivity index (χ2v) is 7.20. The largest absolute Gasteiger partial charge is 0.378 e. The highest BCUT2D eigenvalue weighted by molar-refractivity contribution is 6.33. The van der Waals surface area contributed by atoms with Gasteiger partial charge in [-0.25, -0.2) is 19.9 Å². The number of benzene rings is 1. The lowest BCUT2D eigenvalue weighted by Gasteiger charge is -2.16. The van der Waals surface area contributed by atoms with Crippen molar-refractivity contribution in [3.05, 3.63) is 75.8 Å². The van der Waals surface area contributed by atoms with Gasteiger partial charge in [0.2, 0.25) is 11.8 Å². The maximum atomic E-state index is 10.9. The average molecular weight is 452 g/mol. The fourth-order valence-electron chi connectivity index (χ4n) is 3.12. The second-order valence-electron chi connectivity index (χ2n) is 6.79. The summed E-state index contributed by atoms with van der Waals surface area (Å²) in [4.78, 5) is 30.6. The predicted octanol–water partition coefficient (Wildman–Crippen LogP) is 3.01. The Labute approximate surface area is 187 Å². The molecule has 0 fully saturated rings. The number of halogens is 1. The lowest BCUT2D eigenvalue weighted by Crippen LogP contribution is -2.33. The van der Waals surface area contributed by atoms with Crippen LogP contribution in [0.1, 0.15) is 5.69 Å². The van der Waals surface area contributed by atoms with Crippen LogP contribution < -0.4 is 16.8 Å². The molecule has 32 heavy (non-hydrogen) atoms. The van der Waals surface area contributed by atoms with E-state index < -0.39 is 11.1 Å². The Kier molecular flexibility index (Phi) is 5.92. The fraction of sp³-hybridized carbons (Fsp3) is 0.100. The lowest BCUT2D eigenvalue weighted by molar-refractivity contribution is -0.384. The van der Waals surface area contributed by atoms with Crippen LogP contribution in [0.4, 0.5) is 17.5 Å². The van der Waals surface area contributed by atoms with Crippen molar-refractivity contribution in [2.75, 3.05) is 11.1 Å². The highest BCUT2D eigenvalue weighted by Crippen LogP contribution is 2.33. The van der Waals surface area contributed by atoms with E-state index >= 15 is 0 Å². The van der Waals surface area contributed by atoms with Crippen LogP contribution in [-0.4, -0.2) is 36.0 Å². The quantitative estimate of drug-likeness (QED) is 0.187. The van der Waals surface area contributed by atoms with Crippen molar-refractivity contribution < 1.29 is 4.92 Å². The Morgan fingerprint density at radius 2 is 1.97 bits per heavy atom. The Balaban J connectivity index is 1.60. The van der Waals surface area contributed by atoms with Crippen LogP contribution in [0.2, 0.25) is 5.02 Å². The number of nitro groups is 1. The molecule has 0 saturated carbocycles. The van der Waals surface area contributed by atoms with Gasteiger partial charge in [0.25, 0.3) is 0 Å². The number of nitrogens with zero attached hydrogens (tertiary/aromatic N) is 5. The normalized spacial score (nSPS) is 11.8. The molecule has 0 amide bonds. The molecular formula is C20H18ClN9O2. The smallest absolute Gasteiger partial charge is 0.311 e. The molecule has 12 heteroatoms. The fourth-order valence-corrected chi connectivity index (χ4v) is 3.34. The summed E-state index contributed by atoms with van der Waals surface area (Å²) in [6.45, 7) is 0. The molecule has 4 rings (SSSR count). The van der Waals surface area contributed by atoms with E-state index in [2.05, 4.69) is 30.2 Å². The summed E-state index contributed by atoms with van der Waals surface area (Å²) in [6.07, 6.45) is 4.58. The zero-order valence-corrected chi connectivity index (χ0v) is 17.3. The van der Waals surface area contributed by atoms with Crippen molar-refractivity contribution in [2.24, 2.45) is 5.73 Å². The van der Waals surface area contributed by atoms with Crippen LogP contribution in [0.25, 0.3) is 22.6 Å². The number of pyridine rings is 1. The van der Waals surface area contributed by atoms with Gasteiger partial charge in [0.15, 0.2) is 0 Å². The van der Waals surface area contributed by atoms with Gasteiger partial charge in [-0.05, 0) is 12.1 Å². The second kappa shape index (κ2) is 8.96. The number of imidazole rings is 1. The van der Waals surface area contributed by atoms with Crippen molar-refractivity contribution in [1.29, 1.82) is 0 Å². The van der Waals surface area contributed by atoms with Gasteiger partial charge in [-0.1, -0.05) is 29.8 Å². The molecule has 6 N–H and O–H groups in total. The van der Waals surface area contributed by atoms with Crippen LogP contribution in [0.3, 0.4) is 0 Å². The number of H-pyrrole nitrogens is 1. The Morgan fingerprint density at radius 1 is 1.16 bits per heavy atom. The highest BCUT2D eigenvalue weighted by atomic mass is 35.5. The molecule has 0 aliphatic carbocycles. The zero-order valence-electron chi connectivity index (χ0n) is 16.6. The van der Waals surface area contributed by atoms with Gasteiger partial charge in [-0.15, -0.1) is 0 Å². The summed E-state index contributed by atoms with van der Waals surface area (Å²) >= 11 is 6.40. The number of nitrogens with one attached hydrogen (secondary N) is 2. The molecule has 162 valence electrons. The topological polar surface area (TPSA) is 175 Å². The summed E-state index contributed by atoms with van der Waals surface area (Å²) in [6, 6.07) is 10.1. The maximum absolute atomic E-state index is 10.9. The van der Waals surface area contributed by atoms with Gasteiger partial charge >= 0.3 is 5.69 Å². The summed E-state index contributed by atoms with van der Waals surface area (Å²) in [7, 11) is 0. The molecule has 3 aromatic heterocycles. The third-order valence-corrected chi connectivity index (χ3v) is 4.90. The number of aromatic amines is 1. The number of nitrogens with two attached hydrogens (primary N) is 2. The highest BCUT2D eigenvalue weighted by Gasteiger charge is 2.18. The van der Waals surface area contributed by atoms with Crippen molar-refractivity contribution >= 4 is 29.1 Å². The maximum Gasteiger partial charge on any atom is 0.311 e. The monoisotopic (exact) mass is 451 g/mol. The van der Waals surface area contributed by atoms with Crippen molar-refractivity contribution in [2.45, 2.75) is 12.6 Å². The van der Waals surface area contributed by atoms with Crippen LogP contribution in [0, 0.1) is 10.1 Å². The van der Waals surface area contributed by atoms with Crippen LogP contribution in [0.15, 0.2) is 55.0 Å². The first kappa shape index (κ1) is 21.2. The molecule has 0 radical (unpaired) electrons. The average Bonchev–Trinajstić information content (AvgIpc) is 3.28. The van der Waals surface area contributed by atoms with E-state index in [0.29, 0.717) is 33.4 Å². The molecule has 11 nitrogen and oxygen atoms in total. The minimum Gasteiger partial charge on any atom is -0.378 e. The first-order chi connectivity index (χ1) is 15.4. The molecule has 0 aliphatic heterocycles. The van der Waals surface area contributed by atoms with Gasteiger partial charge in [0.05, 0.1) is 22.3 Å². The first-order valence-corrected chi connectivity index (χ1v) is 9.83. The molecule has 0 bridgehead atoms. The van der Waals surface area contributed by atoms with Crippen LogP contribution in [0.5, 0.6) is 0 Å². The molecule has 0 aliphatic rings. The van der Waals surface area contributed by atoms with Crippen LogP contribution in [-0.2, 0) is 6.42 Å². The Bertz CT molecular complexity index is 1260. The van der Waals surface area contributed by atoms with Gasteiger partial charge in [0, 0.05) is 47.4 Å². The van der Waals surface area contributed by atoms with E-state index in [4.69, 9.17) is 23.1 Å². The molecule has 0 spiro atoms. The summed E-state index contributed by atoms with van der Waals surface area (Å²) in [5, 5.41) is 14.4. The van der Waals surface area contributed by atoms with Crippen LogP contribution >= 0.6 is 11.6 Å². The summed E-state index contributed by atoms with van der Waals surface area (Å²) in [5.74, 6) is 0.707. The third kappa shape index (κ3) is 4.48. The van der Waals surface area contributed by atoms with Gasteiger partial charge in [0.1, 0.15) is 5.82 Å². The minimum absolute atomic E-state index is 0.167. The van der Waals surface area contributed by atoms with E-state index in [-0.39, 0.29) is 23.9 Å². The number of rotatable bonds is 7. The predicted molar refractivity (Wildman–Crippen MR) is 121 cm³/mol. The summed E-state index contributed by atoms with van der Waals surface area (Å²) in [5.41, 5.74) is 14.0. The lowest BCUT2D eigenvalue weighted by atomic mass is 10.1. The van der Waals surface area contributed by atoms with E-state index in [1.165, 1.54) is 12.1 Å². The minimum atomic E-state index is -0.628. The molecular weight excluding hydrogens is 434 g/mol. The van der Waals surface area contributed by atoms with Gasteiger partial charge < -0.3 is 21.8 Å². The Morgan fingerprint density at radius 3 is 2.66 bits per heavy atom. The van der Waals surface area contributed by atoms with E-state index in [1.54, 1.807) is 24.7 Å². The van der Waals surface area contributed by atoms with E-state index in [9.17, 15) is 10.1 Å². The van der Waals surface area contributed by atoms with Gasteiger partial charge in [-0.2, -0.15) is 0 Å². The van der Waals surface area contributed by atoms with Crippen molar-refractivity contribution in [1.82, 2.24) is 24.9 Å². The number of nitrogen functional groups attached to an aromatic ring is 1. The molecule has 4 aromatic rings. The van der Waals surface area contributed by atoms with Crippen molar-refractivity contribution in [3.63, 3.8) is 0 Å². The SMILES string of the molecule is Nc1nc(CC(N)Nc2ncc(-c3ncc[nH]3)c(-c3ccccc3Cl)n2)ccc1[N+](=O)[O-]. The third-order valence-electron chi connectivity index (χ3n) is 4.57. The number of hydrogen-bond donors (Lipinski definition) is 4. The van der Waals surface area contributed by atoms with Crippen molar-refractivity contribution in [3.8, 4) is 22.6 Å². The molecule has 0 saturated heterocycles. The summed E-state index contributed by atoms with van der Waals surface area (Å²) < 4.78 is 0. The number of anilines is 2. The molecule has 1 atom stereocenters. The number of hydrogen-bond acceptors (Lipinski definition) is 9.